The molecule has 1 aromatic rings. The van der Waals surface area contributed by atoms with Crippen molar-refractivity contribution in [3.05, 3.63) is 44.8 Å². The quantitative estimate of drug-likeness (QED) is 0.826. The topological polar surface area (TPSA) is 62.0 Å². The fraction of sp³-hybridized carbons (Fsp3) is 0.273. The zero-order chi connectivity index (χ0) is 12.1. The third kappa shape index (κ3) is 2.82. The first-order chi connectivity index (χ1) is 7.60. The first-order valence-electron chi connectivity index (χ1n) is 4.91. The standard InChI is InChI=1S/C11H13BrN2O2/c1-3-5-13-10(15)7-6-8(12)9(4-2)14-11(7)16/h3,6H,1,4-5H2,2H3,(H,13,15)(H,14,16). The van der Waals surface area contributed by atoms with Gasteiger partial charge in [-0.05, 0) is 28.4 Å². The fourth-order valence-corrected chi connectivity index (χ4v) is 1.84. The van der Waals surface area contributed by atoms with E-state index >= 15 is 0 Å². The lowest BCUT2D eigenvalue weighted by molar-refractivity contribution is 0.0956. The number of halogens is 1. The van der Waals surface area contributed by atoms with Crippen molar-refractivity contribution in [1.82, 2.24) is 10.3 Å². The van der Waals surface area contributed by atoms with E-state index in [-0.39, 0.29) is 11.1 Å². The SMILES string of the molecule is C=CCNC(=O)c1cc(Br)c(CC)[nH]c1=O. The molecule has 0 aromatic carbocycles. The van der Waals surface area contributed by atoms with Gasteiger partial charge in [0.25, 0.3) is 11.5 Å². The molecule has 16 heavy (non-hydrogen) atoms. The van der Waals surface area contributed by atoms with Crippen molar-refractivity contribution >= 4 is 21.8 Å². The lowest BCUT2D eigenvalue weighted by Crippen LogP contribution is -2.30. The smallest absolute Gasteiger partial charge is 0.261 e. The number of aromatic nitrogens is 1. The summed E-state index contributed by atoms with van der Waals surface area (Å²) in [4.78, 5) is 25.8. The van der Waals surface area contributed by atoms with Crippen molar-refractivity contribution < 1.29 is 4.79 Å². The molecule has 1 aromatic heterocycles. The summed E-state index contributed by atoms with van der Waals surface area (Å²) in [6, 6.07) is 1.54. The molecule has 0 spiro atoms. The minimum absolute atomic E-state index is 0.103. The second-order valence-corrected chi connectivity index (χ2v) is 4.05. The molecule has 1 rings (SSSR count). The van der Waals surface area contributed by atoms with Crippen LogP contribution in [0.1, 0.15) is 23.0 Å². The third-order valence-electron chi connectivity index (χ3n) is 2.07. The number of aryl methyl sites for hydroxylation is 1. The van der Waals surface area contributed by atoms with Crippen molar-refractivity contribution in [2.45, 2.75) is 13.3 Å². The van der Waals surface area contributed by atoms with Crippen molar-refractivity contribution in [2.24, 2.45) is 0 Å². The number of hydrogen-bond donors (Lipinski definition) is 2. The zero-order valence-electron chi connectivity index (χ0n) is 8.97. The summed E-state index contributed by atoms with van der Waals surface area (Å²) in [7, 11) is 0. The van der Waals surface area contributed by atoms with Crippen LogP contribution in [0, 0.1) is 0 Å². The minimum Gasteiger partial charge on any atom is -0.348 e. The van der Waals surface area contributed by atoms with E-state index in [1.165, 1.54) is 6.07 Å². The molecule has 0 aliphatic rings. The first-order valence-corrected chi connectivity index (χ1v) is 5.70. The molecular weight excluding hydrogens is 272 g/mol. The number of pyridine rings is 1. The summed E-state index contributed by atoms with van der Waals surface area (Å²) in [6.07, 6.45) is 2.26. The normalized spacial score (nSPS) is 9.88. The van der Waals surface area contributed by atoms with E-state index in [0.29, 0.717) is 13.0 Å². The van der Waals surface area contributed by atoms with Crippen molar-refractivity contribution in [3.8, 4) is 0 Å². The summed E-state index contributed by atoms with van der Waals surface area (Å²) >= 11 is 3.31. The van der Waals surface area contributed by atoms with Crippen molar-refractivity contribution in [2.75, 3.05) is 6.54 Å². The predicted octanol–water partition coefficient (Wildman–Crippen LogP) is 1.62. The molecule has 0 bridgehead atoms. The monoisotopic (exact) mass is 284 g/mol. The second kappa shape index (κ2) is 5.65. The van der Waals surface area contributed by atoms with Gasteiger partial charge < -0.3 is 10.3 Å². The van der Waals surface area contributed by atoms with Gasteiger partial charge in [-0.25, -0.2) is 0 Å². The summed E-state index contributed by atoms with van der Waals surface area (Å²) < 4.78 is 0.735. The molecule has 0 fully saturated rings. The predicted molar refractivity (Wildman–Crippen MR) is 66.7 cm³/mol. The molecule has 0 radical (unpaired) electrons. The molecule has 0 saturated carbocycles. The Morgan fingerprint density at radius 2 is 2.38 bits per heavy atom. The van der Waals surface area contributed by atoms with E-state index in [1.807, 2.05) is 6.92 Å². The zero-order valence-corrected chi connectivity index (χ0v) is 10.6. The highest BCUT2D eigenvalue weighted by molar-refractivity contribution is 9.10. The van der Waals surface area contributed by atoms with Crippen LogP contribution in [0.2, 0.25) is 0 Å². The molecule has 0 aliphatic heterocycles. The van der Waals surface area contributed by atoms with Crippen LogP contribution in [0.3, 0.4) is 0 Å². The van der Waals surface area contributed by atoms with Gasteiger partial charge in [-0.3, -0.25) is 9.59 Å². The summed E-state index contributed by atoms with van der Waals surface area (Å²) in [6.45, 7) is 5.75. The maximum absolute atomic E-state index is 11.6. The van der Waals surface area contributed by atoms with Gasteiger partial charge in [-0.2, -0.15) is 0 Å². The average molecular weight is 285 g/mol. The summed E-state index contributed by atoms with van der Waals surface area (Å²) in [5.41, 5.74) is 0.512. The molecule has 5 heteroatoms. The highest BCUT2D eigenvalue weighted by Crippen LogP contribution is 2.14. The van der Waals surface area contributed by atoms with E-state index in [4.69, 9.17) is 0 Å². The Hall–Kier alpha value is -1.36. The highest BCUT2D eigenvalue weighted by Gasteiger charge is 2.12. The number of hydrogen-bond acceptors (Lipinski definition) is 2. The van der Waals surface area contributed by atoms with Gasteiger partial charge in [0.15, 0.2) is 0 Å². The Bertz CT molecular complexity index is 466. The molecular formula is C11H13BrN2O2. The van der Waals surface area contributed by atoms with Gasteiger partial charge in [0.2, 0.25) is 0 Å². The number of rotatable bonds is 4. The maximum Gasteiger partial charge on any atom is 0.261 e. The fourth-order valence-electron chi connectivity index (χ4n) is 1.23. The Kier molecular flexibility index (Phi) is 4.49. The largest absolute Gasteiger partial charge is 0.348 e. The molecule has 0 aliphatic carbocycles. The molecule has 86 valence electrons. The number of aromatic amines is 1. The molecule has 4 nitrogen and oxygen atoms in total. The number of carbonyl (C=O) groups is 1. The van der Waals surface area contributed by atoms with Crippen LogP contribution in [0.25, 0.3) is 0 Å². The van der Waals surface area contributed by atoms with E-state index in [2.05, 4.69) is 32.8 Å². The maximum atomic E-state index is 11.6. The Morgan fingerprint density at radius 1 is 1.69 bits per heavy atom. The number of amides is 1. The number of nitrogens with one attached hydrogen (secondary N) is 2. The van der Waals surface area contributed by atoms with Crippen molar-refractivity contribution in [3.63, 3.8) is 0 Å². The van der Waals surface area contributed by atoms with Crippen LogP contribution >= 0.6 is 15.9 Å². The van der Waals surface area contributed by atoms with Gasteiger partial charge in [0, 0.05) is 16.7 Å². The Balaban J connectivity index is 3.06. The van der Waals surface area contributed by atoms with Gasteiger partial charge in [0.1, 0.15) is 5.56 Å². The summed E-state index contributed by atoms with van der Waals surface area (Å²) in [5.74, 6) is -0.399. The lowest BCUT2D eigenvalue weighted by atomic mass is 10.2. The van der Waals surface area contributed by atoms with Gasteiger partial charge in [0.05, 0.1) is 0 Å². The van der Waals surface area contributed by atoms with Crippen LogP contribution < -0.4 is 10.9 Å². The molecule has 0 unspecified atom stereocenters. The van der Waals surface area contributed by atoms with Crippen LogP contribution in [0.5, 0.6) is 0 Å². The second-order valence-electron chi connectivity index (χ2n) is 3.19. The number of H-pyrrole nitrogens is 1. The van der Waals surface area contributed by atoms with Crippen molar-refractivity contribution in [1.29, 1.82) is 0 Å². The van der Waals surface area contributed by atoms with Gasteiger partial charge >= 0.3 is 0 Å². The molecule has 0 atom stereocenters. The molecule has 1 amide bonds. The first kappa shape index (κ1) is 12.7. The molecule has 1 heterocycles. The Morgan fingerprint density at radius 3 is 2.94 bits per heavy atom. The van der Waals surface area contributed by atoms with E-state index < -0.39 is 5.91 Å². The lowest BCUT2D eigenvalue weighted by Gasteiger charge is -2.05. The minimum atomic E-state index is -0.399. The average Bonchev–Trinajstić information content (AvgIpc) is 2.28. The number of carbonyl (C=O) groups excluding carboxylic acids is 1. The van der Waals surface area contributed by atoms with E-state index in [0.717, 1.165) is 10.2 Å². The van der Waals surface area contributed by atoms with Crippen LogP contribution in [0.4, 0.5) is 0 Å². The van der Waals surface area contributed by atoms with Gasteiger partial charge in [-0.1, -0.05) is 13.0 Å². The molecule has 0 saturated heterocycles. The van der Waals surface area contributed by atoms with Crippen LogP contribution in [-0.2, 0) is 6.42 Å². The summed E-state index contributed by atoms with van der Waals surface area (Å²) in [5, 5.41) is 2.56. The molecule has 2 N–H and O–H groups in total. The van der Waals surface area contributed by atoms with Crippen LogP contribution in [-0.4, -0.2) is 17.4 Å². The van der Waals surface area contributed by atoms with E-state index in [1.54, 1.807) is 6.08 Å². The highest BCUT2D eigenvalue weighted by atomic mass is 79.9. The van der Waals surface area contributed by atoms with Crippen LogP contribution in [0.15, 0.2) is 28.0 Å². The van der Waals surface area contributed by atoms with Gasteiger partial charge in [-0.15, -0.1) is 6.58 Å². The third-order valence-corrected chi connectivity index (χ3v) is 2.78. The Labute approximate surface area is 102 Å². The van der Waals surface area contributed by atoms with E-state index in [9.17, 15) is 9.59 Å².